The lowest BCUT2D eigenvalue weighted by atomic mass is 10.1. The van der Waals surface area contributed by atoms with E-state index in [1.54, 1.807) is 0 Å². The Morgan fingerprint density at radius 1 is 1.05 bits per heavy atom. The summed E-state index contributed by atoms with van der Waals surface area (Å²) in [5.41, 5.74) is 3.83. The molecule has 1 aromatic heterocycles. The van der Waals surface area contributed by atoms with Gasteiger partial charge in [-0.3, -0.25) is 0 Å². The van der Waals surface area contributed by atoms with Gasteiger partial charge >= 0.3 is 0 Å². The molecule has 3 rings (SSSR count). The number of aromatic nitrogens is 3. The zero-order chi connectivity index (χ0) is 15.4. The van der Waals surface area contributed by atoms with E-state index in [4.69, 9.17) is 5.11 Å². The van der Waals surface area contributed by atoms with Crippen LogP contribution in [0.1, 0.15) is 17.2 Å². The lowest BCUT2D eigenvalue weighted by Crippen LogP contribution is -2.12. The number of aliphatic hydroxyl groups is 1. The van der Waals surface area contributed by atoms with Crippen molar-refractivity contribution in [1.29, 1.82) is 0 Å². The van der Waals surface area contributed by atoms with Crippen molar-refractivity contribution in [3.8, 4) is 11.3 Å². The number of aliphatic hydroxyl groups excluding tert-OH is 1. The Morgan fingerprint density at radius 3 is 2.41 bits per heavy atom. The summed E-state index contributed by atoms with van der Waals surface area (Å²) in [6.45, 7) is 0.0443. The maximum Gasteiger partial charge on any atom is 0.113 e. The molecule has 0 amide bonds. The summed E-state index contributed by atoms with van der Waals surface area (Å²) < 4.78 is 1.84. The molecule has 0 saturated carbocycles. The molecule has 22 heavy (non-hydrogen) atoms. The maximum absolute atomic E-state index is 9.09. The summed E-state index contributed by atoms with van der Waals surface area (Å²) in [4.78, 5) is 0. The highest BCUT2D eigenvalue weighted by Crippen LogP contribution is 2.22. The molecule has 0 bridgehead atoms. The number of thiol groups is 1. The average molecular weight is 311 g/mol. The third-order valence-corrected chi connectivity index (χ3v) is 3.97. The predicted molar refractivity (Wildman–Crippen MR) is 89.8 cm³/mol. The molecule has 0 spiro atoms. The molecule has 1 unspecified atom stereocenters. The van der Waals surface area contributed by atoms with Crippen LogP contribution in [0.15, 0.2) is 60.8 Å². The lowest BCUT2D eigenvalue weighted by Gasteiger charge is -2.14. The average Bonchev–Trinajstić information content (AvgIpc) is 3.06. The smallest absolute Gasteiger partial charge is 0.113 e. The van der Waals surface area contributed by atoms with Gasteiger partial charge in [-0.1, -0.05) is 59.8 Å². The summed E-state index contributed by atoms with van der Waals surface area (Å²) in [6, 6.07) is 17.9. The van der Waals surface area contributed by atoms with E-state index in [0.717, 1.165) is 22.4 Å². The molecule has 0 aliphatic heterocycles. The first kappa shape index (κ1) is 14.8. The predicted octanol–water partition coefficient (Wildman–Crippen LogP) is 2.96. The molecule has 0 radical (unpaired) electrons. The van der Waals surface area contributed by atoms with Crippen LogP contribution in [-0.4, -0.2) is 25.9 Å². The number of nitrogens with zero attached hydrogens (tertiary/aromatic N) is 3. The Hall–Kier alpha value is -2.11. The molecule has 0 saturated heterocycles. The third-order valence-electron chi connectivity index (χ3n) is 3.62. The van der Waals surface area contributed by atoms with Crippen LogP contribution in [0.2, 0.25) is 0 Å². The monoisotopic (exact) mass is 311 g/mol. The Bertz CT molecular complexity index is 725. The Kier molecular flexibility index (Phi) is 4.56. The molecule has 1 N–H and O–H groups in total. The van der Waals surface area contributed by atoms with E-state index in [0.29, 0.717) is 5.75 Å². The molecule has 0 aliphatic rings. The largest absolute Gasteiger partial charge is 0.392 e. The summed E-state index contributed by atoms with van der Waals surface area (Å²) in [5, 5.41) is 17.6. The van der Waals surface area contributed by atoms with Crippen LogP contribution in [0.25, 0.3) is 11.3 Å². The first-order valence-corrected chi connectivity index (χ1v) is 7.73. The zero-order valence-corrected chi connectivity index (χ0v) is 12.9. The molecule has 112 valence electrons. The number of hydrogen-bond acceptors (Lipinski definition) is 4. The van der Waals surface area contributed by atoms with Crippen molar-refractivity contribution in [2.45, 2.75) is 12.6 Å². The summed E-state index contributed by atoms with van der Waals surface area (Å²) in [6.07, 6.45) is 1.93. The fraction of sp³-hybridized carbons (Fsp3) is 0.176. The first-order valence-electron chi connectivity index (χ1n) is 7.09. The molecule has 1 heterocycles. The van der Waals surface area contributed by atoms with Gasteiger partial charge in [-0.2, -0.15) is 12.6 Å². The van der Waals surface area contributed by atoms with Gasteiger partial charge in [-0.05, 0) is 11.1 Å². The van der Waals surface area contributed by atoms with Gasteiger partial charge in [-0.15, -0.1) is 5.10 Å². The van der Waals surface area contributed by atoms with Crippen molar-refractivity contribution in [3.63, 3.8) is 0 Å². The first-order chi connectivity index (χ1) is 10.8. The molecule has 4 nitrogen and oxygen atoms in total. The van der Waals surface area contributed by atoms with Crippen molar-refractivity contribution >= 4 is 12.6 Å². The third kappa shape index (κ3) is 3.05. The van der Waals surface area contributed by atoms with Crippen LogP contribution in [0.5, 0.6) is 0 Å². The standard InChI is InChI=1S/C17H17N3OS/c21-11-13-6-8-14(9-7-13)16-10-20(19-18-16)17(12-22)15-4-2-1-3-5-15/h1-10,17,21-22H,11-12H2. The summed E-state index contributed by atoms with van der Waals surface area (Å²) in [5.74, 6) is 0.649. The Morgan fingerprint density at radius 2 is 1.77 bits per heavy atom. The van der Waals surface area contributed by atoms with Crippen LogP contribution >= 0.6 is 12.6 Å². The minimum Gasteiger partial charge on any atom is -0.392 e. The van der Waals surface area contributed by atoms with Gasteiger partial charge in [0.05, 0.1) is 18.8 Å². The minimum atomic E-state index is 0.0443. The van der Waals surface area contributed by atoms with Gasteiger partial charge in [0.25, 0.3) is 0 Å². The van der Waals surface area contributed by atoms with Crippen molar-refractivity contribution in [2.24, 2.45) is 0 Å². The SMILES string of the molecule is OCc1ccc(-c2cn(C(CS)c3ccccc3)nn2)cc1. The van der Waals surface area contributed by atoms with E-state index in [2.05, 4.69) is 35.1 Å². The quantitative estimate of drug-likeness (QED) is 0.712. The van der Waals surface area contributed by atoms with Crippen molar-refractivity contribution in [2.75, 3.05) is 5.75 Å². The van der Waals surface area contributed by atoms with Crippen LogP contribution in [-0.2, 0) is 6.61 Å². The van der Waals surface area contributed by atoms with Crippen LogP contribution in [0.4, 0.5) is 0 Å². The normalized spacial score (nSPS) is 12.3. The van der Waals surface area contributed by atoms with Crippen molar-refractivity contribution in [1.82, 2.24) is 15.0 Å². The van der Waals surface area contributed by atoms with Gasteiger partial charge < -0.3 is 5.11 Å². The van der Waals surface area contributed by atoms with Crippen molar-refractivity contribution in [3.05, 3.63) is 71.9 Å². The van der Waals surface area contributed by atoms with Gasteiger partial charge in [0.15, 0.2) is 0 Å². The number of rotatable bonds is 5. The minimum absolute atomic E-state index is 0.0443. The highest BCUT2D eigenvalue weighted by molar-refractivity contribution is 7.80. The van der Waals surface area contributed by atoms with Gasteiger partial charge in [0.1, 0.15) is 5.69 Å². The fourth-order valence-corrected chi connectivity index (χ4v) is 2.74. The zero-order valence-electron chi connectivity index (χ0n) is 12.0. The van der Waals surface area contributed by atoms with E-state index in [1.165, 1.54) is 0 Å². The van der Waals surface area contributed by atoms with Crippen LogP contribution in [0, 0.1) is 0 Å². The van der Waals surface area contributed by atoms with E-state index in [-0.39, 0.29) is 12.6 Å². The number of hydrogen-bond donors (Lipinski definition) is 2. The van der Waals surface area contributed by atoms with Gasteiger partial charge in [-0.25, -0.2) is 4.68 Å². The Labute approximate surface area is 134 Å². The molecule has 5 heteroatoms. The fourth-order valence-electron chi connectivity index (χ4n) is 2.36. The maximum atomic E-state index is 9.09. The summed E-state index contributed by atoms with van der Waals surface area (Å²) in [7, 11) is 0. The molecular formula is C17H17N3OS. The van der Waals surface area contributed by atoms with Gasteiger partial charge in [0.2, 0.25) is 0 Å². The van der Waals surface area contributed by atoms with E-state index >= 15 is 0 Å². The highest BCUT2D eigenvalue weighted by atomic mass is 32.1. The second-order valence-corrected chi connectivity index (χ2v) is 5.41. The lowest BCUT2D eigenvalue weighted by molar-refractivity contribution is 0.282. The molecule has 0 fully saturated rings. The highest BCUT2D eigenvalue weighted by Gasteiger charge is 2.14. The van der Waals surface area contributed by atoms with E-state index < -0.39 is 0 Å². The topological polar surface area (TPSA) is 50.9 Å². The second-order valence-electron chi connectivity index (χ2n) is 5.05. The number of benzene rings is 2. The second kappa shape index (κ2) is 6.77. The molecule has 2 aromatic carbocycles. The Balaban J connectivity index is 1.88. The molecule has 1 atom stereocenters. The van der Waals surface area contributed by atoms with E-state index in [1.807, 2.05) is 53.3 Å². The van der Waals surface area contributed by atoms with E-state index in [9.17, 15) is 0 Å². The van der Waals surface area contributed by atoms with Gasteiger partial charge in [0, 0.05) is 11.3 Å². The molecule has 0 aliphatic carbocycles. The van der Waals surface area contributed by atoms with Crippen LogP contribution in [0.3, 0.4) is 0 Å². The van der Waals surface area contributed by atoms with Crippen LogP contribution < -0.4 is 0 Å². The molecular weight excluding hydrogens is 294 g/mol. The van der Waals surface area contributed by atoms with Crippen molar-refractivity contribution < 1.29 is 5.11 Å². The summed E-state index contributed by atoms with van der Waals surface area (Å²) >= 11 is 4.44. The molecule has 3 aromatic rings.